The Morgan fingerprint density at radius 1 is 1.18 bits per heavy atom. The van der Waals surface area contributed by atoms with Crippen LogP contribution in [0, 0.1) is 5.92 Å². The van der Waals surface area contributed by atoms with Crippen LogP contribution in [0.15, 0.2) is 35.4 Å². The maximum Gasteiger partial charge on any atom is 0.262 e. The number of rotatable bonds is 15. The van der Waals surface area contributed by atoms with Crippen molar-refractivity contribution in [1.82, 2.24) is 24.8 Å². The van der Waals surface area contributed by atoms with Crippen molar-refractivity contribution < 1.29 is 32.3 Å². The van der Waals surface area contributed by atoms with Gasteiger partial charge in [0.15, 0.2) is 0 Å². The Labute approximate surface area is 224 Å². The van der Waals surface area contributed by atoms with Gasteiger partial charge in [-0.1, -0.05) is 19.1 Å². The molecule has 38 heavy (non-hydrogen) atoms. The standard InChI is InChI=1S/C25H40FN5O6S/c1-18(2)22(23(32)28-33)30(38(34,35)21-10-8-20(36-7)9-11-21)16-19-17-31(29-27-19)24(3,4)13-15-37-25(5,6)12-14-26/h8-11,17-18,22,33H,12-16H2,1-7H3,(H,28,32). The van der Waals surface area contributed by atoms with Gasteiger partial charge in [-0.3, -0.25) is 14.4 Å². The van der Waals surface area contributed by atoms with Crippen molar-refractivity contribution in [1.29, 1.82) is 0 Å². The molecule has 0 aliphatic carbocycles. The summed E-state index contributed by atoms with van der Waals surface area (Å²) in [5.74, 6) is -0.865. The summed E-state index contributed by atoms with van der Waals surface area (Å²) in [4.78, 5) is 12.6. The molecule has 0 aliphatic rings. The zero-order valence-electron chi connectivity index (χ0n) is 23.1. The van der Waals surface area contributed by atoms with Gasteiger partial charge in [-0.2, -0.15) is 4.31 Å². The number of alkyl halides is 1. The molecule has 0 fully saturated rings. The number of amides is 1. The molecule has 1 unspecified atom stereocenters. The van der Waals surface area contributed by atoms with Crippen LogP contribution in [0.1, 0.15) is 60.1 Å². The van der Waals surface area contributed by atoms with Crippen LogP contribution < -0.4 is 10.2 Å². The quantitative estimate of drug-likeness (QED) is 0.252. The Morgan fingerprint density at radius 3 is 2.34 bits per heavy atom. The molecule has 1 atom stereocenters. The molecule has 0 radical (unpaired) electrons. The first-order valence-corrected chi connectivity index (χ1v) is 13.8. The minimum atomic E-state index is -4.21. The van der Waals surface area contributed by atoms with E-state index in [4.69, 9.17) is 9.47 Å². The highest BCUT2D eigenvalue weighted by molar-refractivity contribution is 7.89. The molecule has 0 spiro atoms. The second kappa shape index (κ2) is 13.0. The van der Waals surface area contributed by atoms with E-state index in [0.717, 1.165) is 4.31 Å². The number of hydrogen-bond acceptors (Lipinski definition) is 8. The molecule has 2 N–H and O–H groups in total. The molecule has 1 heterocycles. The summed E-state index contributed by atoms with van der Waals surface area (Å²) in [7, 11) is -2.74. The molecule has 0 saturated carbocycles. The lowest BCUT2D eigenvalue weighted by Crippen LogP contribution is -2.51. The average Bonchev–Trinajstić information content (AvgIpc) is 3.32. The lowest BCUT2D eigenvalue weighted by Gasteiger charge is -2.31. The normalized spacial score (nSPS) is 13.7. The van der Waals surface area contributed by atoms with Crippen LogP contribution in [0.5, 0.6) is 5.75 Å². The third-order valence-electron chi connectivity index (χ3n) is 6.37. The van der Waals surface area contributed by atoms with E-state index >= 15 is 0 Å². The summed E-state index contributed by atoms with van der Waals surface area (Å²) < 4.78 is 53.8. The van der Waals surface area contributed by atoms with E-state index in [1.807, 2.05) is 27.7 Å². The summed E-state index contributed by atoms with van der Waals surface area (Å²) in [5.41, 5.74) is 0.760. The van der Waals surface area contributed by atoms with Crippen molar-refractivity contribution in [2.75, 3.05) is 20.4 Å². The van der Waals surface area contributed by atoms with Crippen molar-refractivity contribution >= 4 is 15.9 Å². The van der Waals surface area contributed by atoms with Gasteiger partial charge >= 0.3 is 0 Å². The molecular weight excluding hydrogens is 517 g/mol. The fraction of sp³-hybridized carbons (Fsp3) is 0.640. The van der Waals surface area contributed by atoms with Gasteiger partial charge in [0.25, 0.3) is 5.91 Å². The summed E-state index contributed by atoms with van der Waals surface area (Å²) in [6.45, 7) is 10.5. The highest BCUT2D eigenvalue weighted by atomic mass is 32.2. The highest BCUT2D eigenvalue weighted by Gasteiger charge is 2.39. The Kier molecular flexibility index (Phi) is 10.8. The number of carbonyl (C=O) groups is 1. The number of hydrogen-bond donors (Lipinski definition) is 2. The van der Waals surface area contributed by atoms with Crippen LogP contribution in [0.4, 0.5) is 4.39 Å². The van der Waals surface area contributed by atoms with Gasteiger partial charge in [-0.15, -0.1) is 5.10 Å². The van der Waals surface area contributed by atoms with E-state index in [1.54, 1.807) is 30.2 Å². The van der Waals surface area contributed by atoms with Gasteiger partial charge in [0.1, 0.15) is 11.8 Å². The van der Waals surface area contributed by atoms with Crippen molar-refractivity contribution in [3.8, 4) is 5.75 Å². The maximum absolute atomic E-state index is 13.7. The predicted molar refractivity (Wildman–Crippen MR) is 139 cm³/mol. The van der Waals surface area contributed by atoms with Gasteiger partial charge in [-0.25, -0.2) is 18.6 Å². The average molecular weight is 558 g/mol. The van der Waals surface area contributed by atoms with E-state index < -0.39 is 45.7 Å². The van der Waals surface area contributed by atoms with Gasteiger partial charge in [0.2, 0.25) is 10.0 Å². The molecule has 2 aromatic rings. The number of ether oxygens (including phenoxy) is 2. The second-order valence-electron chi connectivity index (χ2n) is 10.7. The van der Waals surface area contributed by atoms with Crippen LogP contribution in [-0.2, 0) is 31.6 Å². The SMILES string of the molecule is COc1ccc(S(=O)(=O)N(Cc2cn(C(C)(C)CCOC(C)(C)CCF)nn2)C(C(=O)NO)C(C)C)cc1. The molecular formula is C25H40FN5O6S. The van der Waals surface area contributed by atoms with Gasteiger partial charge < -0.3 is 9.47 Å². The molecule has 11 nitrogen and oxygen atoms in total. The molecule has 0 aliphatic heterocycles. The number of halogens is 1. The molecule has 214 valence electrons. The van der Waals surface area contributed by atoms with Crippen molar-refractivity contribution in [2.24, 2.45) is 5.92 Å². The van der Waals surface area contributed by atoms with Gasteiger partial charge in [-0.05, 0) is 64.3 Å². The molecule has 0 bridgehead atoms. The number of nitrogens with zero attached hydrogens (tertiary/aromatic N) is 4. The number of benzene rings is 1. The molecule has 13 heteroatoms. The summed E-state index contributed by atoms with van der Waals surface area (Å²) in [6.07, 6.45) is 2.45. The fourth-order valence-corrected chi connectivity index (χ4v) is 5.56. The predicted octanol–water partition coefficient (Wildman–Crippen LogP) is 3.29. The van der Waals surface area contributed by atoms with Crippen LogP contribution >= 0.6 is 0 Å². The molecule has 1 aromatic heterocycles. The second-order valence-corrected chi connectivity index (χ2v) is 12.5. The van der Waals surface area contributed by atoms with E-state index in [1.165, 1.54) is 31.4 Å². The largest absolute Gasteiger partial charge is 0.497 e. The van der Waals surface area contributed by atoms with Crippen LogP contribution in [0.25, 0.3) is 0 Å². The minimum Gasteiger partial charge on any atom is -0.497 e. The minimum absolute atomic E-state index is 0.0459. The summed E-state index contributed by atoms with van der Waals surface area (Å²) in [6, 6.07) is 4.57. The third-order valence-corrected chi connectivity index (χ3v) is 8.21. The van der Waals surface area contributed by atoms with Crippen molar-refractivity contribution in [3.05, 3.63) is 36.2 Å². The van der Waals surface area contributed by atoms with E-state index in [9.17, 15) is 22.8 Å². The Morgan fingerprint density at radius 2 is 1.82 bits per heavy atom. The first-order valence-electron chi connectivity index (χ1n) is 12.4. The molecule has 1 amide bonds. The smallest absolute Gasteiger partial charge is 0.262 e. The Hall–Kier alpha value is -2.61. The van der Waals surface area contributed by atoms with Crippen LogP contribution in [-0.4, -0.2) is 70.9 Å². The molecule has 0 saturated heterocycles. The van der Waals surface area contributed by atoms with Crippen molar-refractivity contribution in [2.45, 2.75) is 83.0 Å². The topological polar surface area (TPSA) is 136 Å². The summed E-state index contributed by atoms with van der Waals surface area (Å²) >= 11 is 0. The zero-order valence-corrected chi connectivity index (χ0v) is 24.0. The number of methoxy groups -OCH3 is 1. The lowest BCUT2D eigenvalue weighted by atomic mass is 10.0. The van der Waals surface area contributed by atoms with Crippen LogP contribution in [0.2, 0.25) is 0 Å². The number of aromatic nitrogens is 3. The number of hydroxylamine groups is 1. The van der Waals surface area contributed by atoms with E-state index in [-0.39, 0.29) is 17.9 Å². The van der Waals surface area contributed by atoms with Gasteiger partial charge in [0, 0.05) is 13.0 Å². The number of carbonyl (C=O) groups excluding carboxylic acids is 1. The monoisotopic (exact) mass is 557 g/mol. The highest BCUT2D eigenvalue weighted by Crippen LogP contribution is 2.27. The number of nitrogens with one attached hydrogen (secondary N) is 1. The summed E-state index contributed by atoms with van der Waals surface area (Å²) in [5, 5.41) is 17.7. The van der Waals surface area contributed by atoms with E-state index in [2.05, 4.69) is 10.3 Å². The zero-order chi connectivity index (χ0) is 28.7. The van der Waals surface area contributed by atoms with Gasteiger partial charge in [0.05, 0.1) is 48.3 Å². The molecule has 1 aromatic carbocycles. The third kappa shape index (κ3) is 7.95. The van der Waals surface area contributed by atoms with E-state index in [0.29, 0.717) is 24.5 Å². The fourth-order valence-electron chi connectivity index (χ4n) is 3.87. The number of sulfonamides is 1. The lowest BCUT2D eigenvalue weighted by molar-refractivity contribution is -0.134. The van der Waals surface area contributed by atoms with Crippen molar-refractivity contribution in [3.63, 3.8) is 0 Å². The maximum atomic E-state index is 13.7. The Bertz CT molecular complexity index is 1150. The van der Waals surface area contributed by atoms with Crippen LogP contribution in [0.3, 0.4) is 0 Å². The first-order chi connectivity index (χ1) is 17.7. The molecule has 2 rings (SSSR count). The first kappa shape index (κ1) is 31.6. The Balaban J connectivity index is 2.36.